The lowest BCUT2D eigenvalue weighted by atomic mass is 9.87. The number of nitrogens with one attached hydrogen (secondary N) is 1. The van der Waals surface area contributed by atoms with Crippen molar-refractivity contribution >= 4 is 21.9 Å². The Morgan fingerprint density at radius 2 is 1.76 bits per heavy atom. The molecule has 0 radical (unpaired) electrons. The van der Waals surface area contributed by atoms with Crippen molar-refractivity contribution in [3.63, 3.8) is 0 Å². The number of nitrogens with zero attached hydrogens (tertiary/aromatic N) is 4. The second-order valence-corrected chi connectivity index (χ2v) is 14.1. The van der Waals surface area contributed by atoms with Crippen LogP contribution in [0, 0.1) is 19.3 Å². The Morgan fingerprint density at radius 1 is 1.02 bits per heavy atom. The smallest absolute Gasteiger partial charge is 0.264 e. The van der Waals surface area contributed by atoms with E-state index in [1.807, 2.05) is 51.1 Å². The molecule has 2 aromatic carbocycles. The zero-order chi connectivity index (χ0) is 32.4. The molecular weight excluding hydrogens is 590 g/mol. The van der Waals surface area contributed by atoms with Gasteiger partial charge >= 0.3 is 0 Å². The zero-order valence-electron chi connectivity index (χ0n) is 26.5. The molecule has 4 bridgehead atoms. The third-order valence-electron chi connectivity index (χ3n) is 7.47. The third-order valence-corrected chi connectivity index (χ3v) is 8.80. The number of sulfonamides is 1. The summed E-state index contributed by atoms with van der Waals surface area (Å²) >= 11 is 0. The summed E-state index contributed by atoms with van der Waals surface area (Å²) in [7, 11) is -4.16. The lowest BCUT2D eigenvalue weighted by Crippen LogP contribution is -2.45. The molecule has 1 N–H and O–H groups in total. The van der Waals surface area contributed by atoms with Gasteiger partial charge in [-0.15, -0.1) is 0 Å². The Morgan fingerprint density at radius 3 is 2.42 bits per heavy atom. The van der Waals surface area contributed by atoms with Crippen LogP contribution in [-0.4, -0.2) is 53.4 Å². The van der Waals surface area contributed by atoms with E-state index in [0.29, 0.717) is 30.2 Å². The standard InChI is InChI=1S/C34H39N5O5S/c1-7-43-27-15-14-25(35-19-27)20-39-26(18-34(4,5)6)21-44-30-17-29(31-22(2)10-8-11-23(31)3)36-33(37-30)38-45(41,42)28-13-9-12-24(16-28)32(39)40/h8-17,19,26H,7,18,20-21H2,1-6H3,(H,36,37,38)/t26-/m1/s1. The number of aryl methyl sites for hydroxylation is 2. The van der Waals surface area contributed by atoms with Gasteiger partial charge in [0.2, 0.25) is 11.8 Å². The van der Waals surface area contributed by atoms with Crippen molar-refractivity contribution in [2.45, 2.75) is 65.4 Å². The summed E-state index contributed by atoms with van der Waals surface area (Å²) in [6.07, 6.45) is 2.23. The van der Waals surface area contributed by atoms with Crippen molar-refractivity contribution in [2.75, 3.05) is 17.9 Å². The van der Waals surface area contributed by atoms with Crippen LogP contribution in [0.1, 0.15) is 61.3 Å². The molecule has 0 unspecified atom stereocenters. The van der Waals surface area contributed by atoms with Gasteiger partial charge in [0.1, 0.15) is 12.4 Å². The molecule has 1 aliphatic heterocycles. The Labute approximate surface area is 264 Å². The van der Waals surface area contributed by atoms with Crippen LogP contribution >= 0.6 is 0 Å². The van der Waals surface area contributed by atoms with E-state index in [2.05, 4.69) is 40.4 Å². The van der Waals surface area contributed by atoms with E-state index in [4.69, 9.17) is 9.47 Å². The average Bonchev–Trinajstić information content (AvgIpc) is 2.98. The van der Waals surface area contributed by atoms with Gasteiger partial charge in [-0.1, -0.05) is 45.0 Å². The molecule has 0 saturated heterocycles. The van der Waals surface area contributed by atoms with Gasteiger partial charge in [-0.2, -0.15) is 4.98 Å². The van der Waals surface area contributed by atoms with Crippen molar-refractivity contribution in [3.8, 4) is 22.9 Å². The number of anilines is 1. The first-order valence-corrected chi connectivity index (χ1v) is 16.4. The second kappa shape index (κ2) is 12.8. The van der Waals surface area contributed by atoms with E-state index >= 15 is 0 Å². The monoisotopic (exact) mass is 629 g/mol. The van der Waals surface area contributed by atoms with Crippen LogP contribution in [0.5, 0.6) is 11.6 Å². The maximum atomic E-state index is 14.3. The number of aromatic nitrogens is 3. The van der Waals surface area contributed by atoms with Crippen LogP contribution in [0.2, 0.25) is 0 Å². The molecule has 4 aromatic rings. The number of carbonyl (C=O) groups excluding carboxylic acids is 1. The summed E-state index contributed by atoms with van der Waals surface area (Å²) in [6, 6.07) is 16.8. The van der Waals surface area contributed by atoms with E-state index in [1.54, 1.807) is 29.3 Å². The van der Waals surface area contributed by atoms with Crippen molar-refractivity contribution in [1.29, 1.82) is 0 Å². The topological polar surface area (TPSA) is 124 Å². The highest BCUT2D eigenvalue weighted by molar-refractivity contribution is 7.92. The zero-order valence-corrected chi connectivity index (χ0v) is 27.3. The summed E-state index contributed by atoms with van der Waals surface area (Å²) in [5.74, 6) is 0.367. The molecule has 2 aromatic heterocycles. The summed E-state index contributed by atoms with van der Waals surface area (Å²) in [5, 5.41) is 0. The van der Waals surface area contributed by atoms with E-state index in [1.165, 1.54) is 12.1 Å². The van der Waals surface area contributed by atoms with Gasteiger partial charge in [0, 0.05) is 17.2 Å². The minimum absolute atomic E-state index is 0.0809. The molecule has 0 spiro atoms. The fourth-order valence-corrected chi connectivity index (χ4v) is 6.47. The molecule has 45 heavy (non-hydrogen) atoms. The Hall–Kier alpha value is -4.51. The summed E-state index contributed by atoms with van der Waals surface area (Å²) in [6.45, 7) is 12.9. The van der Waals surface area contributed by atoms with Crippen molar-refractivity contribution in [1.82, 2.24) is 19.9 Å². The lowest BCUT2D eigenvalue weighted by molar-refractivity contribution is 0.0509. The molecule has 1 amide bonds. The Bertz CT molecular complexity index is 1780. The van der Waals surface area contributed by atoms with E-state index in [0.717, 1.165) is 16.7 Å². The fourth-order valence-electron chi connectivity index (χ4n) is 5.48. The number of rotatable bonds is 6. The fraction of sp³-hybridized carbons (Fsp3) is 0.353. The van der Waals surface area contributed by atoms with Gasteiger partial charge in [-0.25, -0.2) is 18.1 Å². The van der Waals surface area contributed by atoms with Crippen LogP contribution < -0.4 is 14.2 Å². The predicted molar refractivity (Wildman–Crippen MR) is 173 cm³/mol. The highest BCUT2D eigenvalue weighted by Gasteiger charge is 2.31. The molecular formula is C34H39N5O5S. The molecule has 0 fully saturated rings. The van der Waals surface area contributed by atoms with Gasteiger partial charge < -0.3 is 14.4 Å². The molecule has 0 saturated carbocycles. The van der Waals surface area contributed by atoms with Crippen LogP contribution in [-0.2, 0) is 16.6 Å². The maximum Gasteiger partial charge on any atom is 0.264 e. The van der Waals surface area contributed by atoms with Crippen molar-refractivity contribution in [2.24, 2.45) is 5.41 Å². The quantitative estimate of drug-likeness (QED) is 0.268. The number of benzene rings is 2. The molecule has 10 nitrogen and oxygen atoms in total. The Balaban J connectivity index is 1.65. The second-order valence-electron chi connectivity index (χ2n) is 12.4. The molecule has 0 aliphatic carbocycles. The minimum Gasteiger partial charge on any atom is -0.492 e. The van der Waals surface area contributed by atoms with Gasteiger partial charge in [0.25, 0.3) is 15.9 Å². The number of ether oxygens (including phenoxy) is 2. The van der Waals surface area contributed by atoms with E-state index in [-0.39, 0.29) is 46.8 Å². The first kappa shape index (κ1) is 31.9. The molecule has 1 aliphatic rings. The minimum atomic E-state index is -4.16. The molecule has 1 atom stereocenters. The SMILES string of the molecule is CCOc1ccc(CN2C(=O)c3cccc(c3)S(=O)(=O)Nc3nc(cc(-c4c(C)cccc4C)n3)OC[C@H]2CC(C)(C)C)nc1. The number of amides is 1. The van der Waals surface area contributed by atoms with Crippen molar-refractivity contribution < 1.29 is 22.7 Å². The predicted octanol–water partition coefficient (Wildman–Crippen LogP) is 6.19. The Kier molecular flexibility index (Phi) is 9.11. The van der Waals surface area contributed by atoms with Crippen LogP contribution in [0.4, 0.5) is 5.95 Å². The molecule has 5 rings (SSSR count). The highest BCUT2D eigenvalue weighted by atomic mass is 32.2. The number of pyridine rings is 1. The maximum absolute atomic E-state index is 14.3. The lowest BCUT2D eigenvalue weighted by Gasteiger charge is -2.35. The third kappa shape index (κ3) is 7.59. The van der Waals surface area contributed by atoms with Gasteiger partial charge in [-0.05, 0) is 74.1 Å². The summed E-state index contributed by atoms with van der Waals surface area (Å²) < 4.78 is 41.6. The number of hydrogen-bond acceptors (Lipinski definition) is 8. The van der Waals surface area contributed by atoms with Crippen LogP contribution in [0.15, 0.2) is 71.8 Å². The molecule has 11 heteroatoms. The van der Waals surface area contributed by atoms with Crippen LogP contribution in [0.3, 0.4) is 0 Å². The number of fused-ring (bicyclic) bond motifs is 4. The van der Waals surface area contributed by atoms with Crippen molar-refractivity contribution in [3.05, 3.63) is 89.2 Å². The number of carbonyl (C=O) groups is 1. The highest BCUT2D eigenvalue weighted by Crippen LogP contribution is 2.31. The normalized spacial score (nSPS) is 16.4. The first-order chi connectivity index (χ1) is 21.3. The largest absolute Gasteiger partial charge is 0.492 e. The van der Waals surface area contributed by atoms with Gasteiger partial charge in [0.05, 0.1) is 41.7 Å². The molecule has 236 valence electrons. The van der Waals surface area contributed by atoms with E-state index < -0.39 is 16.1 Å². The van der Waals surface area contributed by atoms with E-state index in [9.17, 15) is 13.2 Å². The molecule has 3 heterocycles. The summed E-state index contributed by atoms with van der Waals surface area (Å²) in [5.41, 5.74) is 4.04. The van der Waals surface area contributed by atoms with Crippen LogP contribution in [0.25, 0.3) is 11.3 Å². The van der Waals surface area contributed by atoms with Gasteiger partial charge in [-0.3, -0.25) is 9.78 Å². The summed E-state index contributed by atoms with van der Waals surface area (Å²) in [4.78, 5) is 29.5. The van der Waals surface area contributed by atoms with Gasteiger partial charge in [0.15, 0.2) is 0 Å². The number of hydrogen-bond donors (Lipinski definition) is 1. The average molecular weight is 630 g/mol. The first-order valence-electron chi connectivity index (χ1n) is 14.9.